The molecule has 24 heavy (non-hydrogen) atoms. The van der Waals surface area contributed by atoms with E-state index in [9.17, 15) is 9.59 Å². The van der Waals surface area contributed by atoms with Gasteiger partial charge in [-0.2, -0.15) is 5.10 Å². The summed E-state index contributed by atoms with van der Waals surface area (Å²) in [6.45, 7) is 3.64. The molecular weight excluding hydrogens is 310 g/mol. The molecule has 0 bridgehead atoms. The molecule has 0 spiro atoms. The summed E-state index contributed by atoms with van der Waals surface area (Å²) >= 11 is 0. The number of aliphatic carboxylic acids is 1. The molecule has 1 aromatic heterocycles. The van der Waals surface area contributed by atoms with Crippen LogP contribution in [0.5, 0.6) is 0 Å². The molecule has 1 amide bonds. The first kappa shape index (κ1) is 17.7. The molecule has 1 heterocycles. The fraction of sp³-hybridized carbons (Fsp3) is 0.353. The average Bonchev–Trinajstić information content (AvgIpc) is 2.83. The van der Waals surface area contributed by atoms with E-state index in [1.807, 2.05) is 44.2 Å². The molecule has 128 valence electrons. The molecule has 2 aromatic rings. The first-order valence-electron chi connectivity index (χ1n) is 7.55. The van der Waals surface area contributed by atoms with Gasteiger partial charge in [0, 0.05) is 18.4 Å². The van der Waals surface area contributed by atoms with Crippen molar-refractivity contribution in [2.24, 2.45) is 0 Å². The van der Waals surface area contributed by atoms with Crippen molar-refractivity contribution in [3.8, 4) is 5.69 Å². The summed E-state index contributed by atoms with van der Waals surface area (Å²) in [5.74, 6) is -1.50. The number of carboxylic acid groups (broad SMARTS) is 1. The Kier molecular flexibility index (Phi) is 5.70. The van der Waals surface area contributed by atoms with E-state index < -0.39 is 12.0 Å². The van der Waals surface area contributed by atoms with Gasteiger partial charge in [-0.25, -0.2) is 9.48 Å². The summed E-state index contributed by atoms with van der Waals surface area (Å²) < 4.78 is 6.59. The number of methoxy groups -OCH3 is 1. The lowest BCUT2D eigenvalue weighted by Gasteiger charge is -2.13. The fourth-order valence-electron chi connectivity index (χ4n) is 2.50. The number of benzene rings is 1. The molecule has 2 rings (SSSR count). The van der Waals surface area contributed by atoms with Gasteiger partial charge in [-0.05, 0) is 26.0 Å². The Labute approximate surface area is 140 Å². The number of hydrogen-bond acceptors (Lipinski definition) is 4. The van der Waals surface area contributed by atoms with Gasteiger partial charge in [0.1, 0.15) is 0 Å². The normalized spacial score (nSPS) is 12.0. The third kappa shape index (κ3) is 3.99. The lowest BCUT2D eigenvalue weighted by Crippen LogP contribution is -2.44. The third-order valence-electron chi connectivity index (χ3n) is 3.75. The average molecular weight is 331 g/mol. The molecule has 0 saturated carbocycles. The zero-order chi connectivity index (χ0) is 17.7. The molecule has 2 N–H and O–H groups in total. The van der Waals surface area contributed by atoms with Gasteiger partial charge in [0.25, 0.3) is 0 Å². The van der Waals surface area contributed by atoms with Gasteiger partial charge in [0.15, 0.2) is 6.04 Å². The Morgan fingerprint density at radius 1 is 1.29 bits per heavy atom. The molecule has 1 atom stereocenters. The highest BCUT2D eigenvalue weighted by atomic mass is 16.5. The zero-order valence-corrected chi connectivity index (χ0v) is 13.9. The summed E-state index contributed by atoms with van der Waals surface area (Å²) in [5.41, 5.74) is 3.29. The number of amides is 1. The van der Waals surface area contributed by atoms with Crippen molar-refractivity contribution in [2.75, 3.05) is 13.7 Å². The van der Waals surface area contributed by atoms with E-state index in [2.05, 4.69) is 10.4 Å². The van der Waals surface area contributed by atoms with E-state index in [-0.39, 0.29) is 18.9 Å². The number of aryl methyl sites for hydroxylation is 1. The van der Waals surface area contributed by atoms with Crippen LogP contribution >= 0.6 is 0 Å². The molecular formula is C17H21N3O4. The summed E-state index contributed by atoms with van der Waals surface area (Å²) in [6, 6.07) is 8.56. The summed E-state index contributed by atoms with van der Waals surface area (Å²) in [6.07, 6.45) is 0.0675. The second-order valence-electron chi connectivity index (χ2n) is 5.49. The maximum Gasteiger partial charge on any atom is 0.328 e. The number of carboxylic acids is 1. The minimum absolute atomic E-state index is 0.0675. The molecule has 0 saturated heterocycles. The van der Waals surface area contributed by atoms with Crippen molar-refractivity contribution in [2.45, 2.75) is 26.3 Å². The van der Waals surface area contributed by atoms with Crippen molar-refractivity contribution < 1.29 is 19.4 Å². The minimum atomic E-state index is -1.13. The Hall–Kier alpha value is -2.67. The molecule has 0 aliphatic rings. The van der Waals surface area contributed by atoms with Crippen molar-refractivity contribution in [1.82, 2.24) is 15.1 Å². The van der Waals surface area contributed by atoms with Gasteiger partial charge < -0.3 is 15.2 Å². The Balaban J connectivity index is 2.17. The number of nitrogens with one attached hydrogen (secondary N) is 1. The van der Waals surface area contributed by atoms with E-state index >= 15 is 0 Å². The second kappa shape index (κ2) is 7.74. The standard InChI is InChI=1S/C17H21N3O4/c1-11-14(9-16(21)18-15(10-24-3)17(22)23)12(2)20(19-11)13-7-5-4-6-8-13/h4-8,15H,9-10H2,1-3H3,(H,18,21)(H,22,23). The number of nitrogens with zero attached hydrogens (tertiary/aromatic N) is 2. The number of hydrogen-bond donors (Lipinski definition) is 2. The smallest absolute Gasteiger partial charge is 0.328 e. The van der Waals surface area contributed by atoms with Crippen LogP contribution in [0.3, 0.4) is 0 Å². The lowest BCUT2D eigenvalue weighted by molar-refractivity contribution is -0.143. The largest absolute Gasteiger partial charge is 0.480 e. The van der Waals surface area contributed by atoms with E-state index in [1.165, 1.54) is 7.11 Å². The van der Waals surface area contributed by atoms with Crippen molar-refractivity contribution in [3.63, 3.8) is 0 Å². The van der Waals surface area contributed by atoms with Gasteiger partial charge >= 0.3 is 5.97 Å². The zero-order valence-electron chi connectivity index (χ0n) is 13.9. The van der Waals surface area contributed by atoms with Gasteiger partial charge in [-0.15, -0.1) is 0 Å². The topological polar surface area (TPSA) is 93.5 Å². The van der Waals surface area contributed by atoms with Crippen LogP contribution < -0.4 is 5.32 Å². The molecule has 0 fully saturated rings. The number of rotatable bonds is 7. The monoisotopic (exact) mass is 331 g/mol. The molecule has 1 unspecified atom stereocenters. The highest BCUT2D eigenvalue weighted by Gasteiger charge is 2.22. The third-order valence-corrected chi connectivity index (χ3v) is 3.75. The van der Waals surface area contributed by atoms with Crippen LogP contribution in [0.15, 0.2) is 30.3 Å². The highest BCUT2D eigenvalue weighted by molar-refractivity contribution is 5.85. The molecule has 0 radical (unpaired) electrons. The Bertz CT molecular complexity index is 725. The van der Waals surface area contributed by atoms with Crippen molar-refractivity contribution in [1.29, 1.82) is 0 Å². The van der Waals surface area contributed by atoms with Gasteiger partial charge in [-0.3, -0.25) is 4.79 Å². The lowest BCUT2D eigenvalue weighted by atomic mass is 10.1. The van der Waals surface area contributed by atoms with Crippen molar-refractivity contribution in [3.05, 3.63) is 47.3 Å². The quantitative estimate of drug-likeness (QED) is 0.796. The van der Waals surface area contributed by atoms with Crippen LogP contribution in [0.4, 0.5) is 0 Å². The second-order valence-corrected chi connectivity index (χ2v) is 5.49. The van der Waals surface area contributed by atoms with Crippen molar-refractivity contribution >= 4 is 11.9 Å². The van der Waals surface area contributed by atoms with Crippen LogP contribution in [0.1, 0.15) is 17.0 Å². The maximum absolute atomic E-state index is 12.2. The Morgan fingerprint density at radius 3 is 2.54 bits per heavy atom. The van der Waals surface area contributed by atoms with Gasteiger partial charge in [-0.1, -0.05) is 18.2 Å². The number of carbonyl (C=O) groups is 2. The summed E-state index contributed by atoms with van der Waals surface area (Å²) in [7, 11) is 1.39. The predicted molar refractivity (Wildman–Crippen MR) is 88.2 cm³/mol. The van der Waals surface area contributed by atoms with Crippen LogP contribution in [-0.2, 0) is 20.7 Å². The SMILES string of the molecule is COCC(NC(=O)Cc1c(C)nn(-c2ccccc2)c1C)C(=O)O. The molecule has 7 nitrogen and oxygen atoms in total. The Morgan fingerprint density at radius 2 is 1.96 bits per heavy atom. The van der Waals surface area contributed by atoms with Crippen LogP contribution in [0.2, 0.25) is 0 Å². The fourth-order valence-corrected chi connectivity index (χ4v) is 2.50. The van der Waals surface area contributed by atoms with E-state index in [4.69, 9.17) is 9.84 Å². The predicted octanol–water partition coefficient (Wildman–Crippen LogP) is 1.25. The van der Waals surface area contributed by atoms with E-state index in [0.717, 1.165) is 22.6 Å². The highest BCUT2D eigenvalue weighted by Crippen LogP contribution is 2.18. The molecule has 0 aliphatic heterocycles. The summed E-state index contributed by atoms with van der Waals surface area (Å²) in [4.78, 5) is 23.3. The molecule has 7 heteroatoms. The van der Waals surface area contributed by atoms with Gasteiger partial charge in [0.05, 0.1) is 24.4 Å². The maximum atomic E-state index is 12.2. The molecule has 1 aromatic carbocycles. The number of aromatic nitrogens is 2. The number of para-hydroxylation sites is 1. The minimum Gasteiger partial charge on any atom is -0.480 e. The van der Waals surface area contributed by atoms with Crippen LogP contribution in [0, 0.1) is 13.8 Å². The van der Waals surface area contributed by atoms with Crippen LogP contribution in [0.25, 0.3) is 5.69 Å². The van der Waals surface area contributed by atoms with E-state index in [0.29, 0.717) is 0 Å². The van der Waals surface area contributed by atoms with Crippen LogP contribution in [-0.4, -0.2) is 46.5 Å². The number of carbonyl (C=O) groups excluding carboxylic acids is 1. The first-order valence-corrected chi connectivity index (χ1v) is 7.55. The summed E-state index contributed by atoms with van der Waals surface area (Å²) in [5, 5.41) is 16.0. The van der Waals surface area contributed by atoms with E-state index in [1.54, 1.807) is 4.68 Å². The molecule has 0 aliphatic carbocycles. The number of ether oxygens (including phenoxy) is 1. The first-order chi connectivity index (χ1) is 11.4. The van der Waals surface area contributed by atoms with Gasteiger partial charge in [0.2, 0.25) is 5.91 Å².